The van der Waals surface area contributed by atoms with Crippen LogP contribution in [0.4, 0.5) is 0 Å². The predicted octanol–water partition coefficient (Wildman–Crippen LogP) is 0.337. The lowest BCUT2D eigenvalue weighted by atomic mass is 10.2. The molecular weight excluding hydrogens is 238 g/mol. The Labute approximate surface area is 109 Å². The van der Waals surface area contributed by atoms with Crippen LogP contribution in [0.5, 0.6) is 0 Å². The van der Waals surface area contributed by atoms with E-state index in [1.165, 1.54) is 0 Å². The molecule has 108 valence electrons. The van der Waals surface area contributed by atoms with Crippen molar-refractivity contribution in [3.05, 3.63) is 0 Å². The number of esters is 1. The third-order valence-electron chi connectivity index (χ3n) is 2.28. The number of hydrogen-bond acceptors (Lipinski definition) is 6. The summed E-state index contributed by atoms with van der Waals surface area (Å²) in [4.78, 5) is 11.4. The number of rotatable bonds is 12. The van der Waals surface area contributed by atoms with Gasteiger partial charge in [-0.15, -0.1) is 0 Å². The summed E-state index contributed by atoms with van der Waals surface area (Å²) in [5.74, 6) is -0.358. The van der Waals surface area contributed by atoms with Crippen LogP contribution in [-0.4, -0.2) is 59.3 Å². The first-order chi connectivity index (χ1) is 8.72. The monoisotopic (exact) mass is 263 g/mol. The number of nitrogens with two attached hydrogens (primary N) is 1. The van der Waals surface area contributed by atoms with Gasteiger partial charge in [-0.3, -0.25) is 4.79 Å². The van der Waals surface area contributed by atoms with Crippen molar-refractivity contribution in [2.24, 2.45) is 5.73 Å². The van der Waals surface area contributed by atoms with Crippen LogP contribution in [0, 0.1) is 0 Å². The van der Waals surface area contributed by atoms with Crippen molar-refractivity contribution in [1.29, 1.82) is 0 Å². The summed E-state index contributed by atoms with van der Waals surface area (Å²) in [6.45, 7) is 2.62. The van der Waals surface area contributed by atoms with Crippen LogP contribution in [0.1, 0.15) is 19.3 Å². The molecule has 0 radical (unpaired) electrons. The highest BCUT2D eigenvalue weighted by atomic mass is 16.5. The molecule has 0 fully saturated rings. The molecule has 0 aromatic carbocycles. The lowest BCUT2D eigenvalue weighted by Gasteiger charge is -2.11. The van der Waals surface area contributed by atoms with E-state index in [1.54, 1.807) is 14.2 Å². The first-order valence-electron chi connectivity index (χ1n) is 6.20. The maximum Gasteiger partial charge on any atom is 0.322 e. The van der Waals surface area contributed by atoms with Gasteiger partial charge in [-0.25, -0.2) is 0 Å². The minimum absolute atomic E-state index is 0.337. The summed E-state index contributed by atoms with van der Waals surface area (Å²) in [6, 6.07) is -0.561. The molecule has 1 unspecified atom stereocenters. The van der Waals surface area contributed by atoms with Gasteiger partial charge < -0.3 is 24.7 Å². The van der Waals surface area contributed by atoms with E-state index < -0.39 is 6.04 Å². The molecule has 18 heavy (non-hydrogen) atoms. The quantitative estimate of drug-likeness (QED) is 0.404. The molecular formula is C12H25NO5. The van der Waals surface area contributed by atoms with Gasteiger partial charge in [0.2, 0.25) is 0 Å². The van der Waals surface area contributed by atoms with Gasteiger partial charge in [-0.05, 0) is 12.8 Å². The Morgan fingerprint density at radius 1 is 1.00 bits per heavy atom. The molecule has 0 spiro atoms. The van der Waals surface area contributed by atoms with Gasteiger partial charge in [0.15, 0.2) is 0 Å². The summed E-state index contributed by atoms with van der Waals surface area (Å²) in [5.41, 5.74) is 5.66. The molecule has 6 heteroatoms. The van der Waals surface area contributed by atoms with Gasteiger partial charge in [0.25, 0.3) is 0 Å². The highest BCUT2D eigenvalue weighted by Gasteiger charge is 2.13. The van der Waals surface area contributed by atoms with E-state index in [2.05, 4.69) is 0 Å². The molecule has 0 bridgehead atoms. The van der Waals surface area contributed by atoms with Gasteiger partial charge in [0.1, 0.15) is 6.04 Å². The van der Waals surface area contributed by atoms with Crippen molar-refractivity contribution >= 4 is 5.97 Å². The Balaban J connectivity index is 3.35. The molecule has 0 aliphatic heterocycles. The molecule has 2 N–H and O–H groups in total. The van der Waals surface area contributed by atoms with Crippen LogP contribution in [0.2, 0.25) is 0 Å². The Hall–Kier alpha value is -0.690. The van der Waals surface area contributed by atoms with E-state index in [0.717, 1.165) is 6.42 Å². The van der Waals surface area contributed by atoms with Crippen molar-refractivity contribution in [1.82, 2.24) is 0 Å². The highest BCUT2D eigenvalue weighted by Crippen LogP contribution is 1.98. The molecule has 0 amide bonds. The molecule has 0 rings (SSSR count). The van der Waals surface area contributed by atoms with Crippen LogP contribution < -0.4 is 5.73 Å². The molecule has 1 atom stereocenters. The summed E-state index contributed by atoms with van der Waals surface area (Å²) >= 11 is 0. The maximum absolute atomic E-state index is 11.4. The number of ether oxygens (including phenoxy) is 4. The number of carbonyl (C=O) groups excluding carboxylic acids is 1. The van der Waals surface area contributed by atoms with E-state index >= 15 is 0 Å². The largest absolute Gasteiger partial charge is 0.464 e. The molecule has 0 aliphatic rings. The maximum atomic E-state index is 11.4. The fourth-order valence-electron chi connectivity index (χ4n) is 1.25. The van der Waals surface area contributed by atoms with Crippen molar-refractivity contribution < 1.29 is 23.7 Å². The van der Waals surface area contributed by atoms with Crippen molar-refractivity contribution in [3.63, 3.8) is 0 Å². The Bertz CT molecular complexity index is 201. The zero-order chi connectivity index (χ0) is 13.6. The second-order valence-electron chi connectivity index (χ2n) is 3.87. The molecule has 0 aromatic heterocycles. The van der Waals surface area contributed by atoms with Gasteiger partial charge in [-0.1, -0.05) is 0 Å². The fraction of sp³-hybridized carbons (Fsp3) is 0.917. The van der Waals surface area contributed by atoms with Crippen LogP contribution in [0.25, 0.3) is 0 Å². The van der Waals surface area contributed by atoms with E-state index in [9.17, 15) is 4.79 Å². The van der Waals surface area contributed by atoms with Crippen LogP contribution in [-0.2, 0) is 23.7 Å². The van der Waals surface area contributed by atoms with Crippen LogP contribution >= 0.6 is 0 Å². The Morgan fingerprint density at radius 3 is 2.39 bits per heavy atom. The van der Waals surface area contributed by atoms with Gasteiger partial charge in [-0.2, -0.15) is 0 Å². The SMILES string of the molecule is COCCCC(N)C(=O)OCCCOCCOC. The lowest BCUT2D eigenvalue weighted by molar-refractivity contribution is -0.145. The zero-order valence-electron chi connectivity index (χ0n) is 11.4. The van der Waals surface area contributed by atoms with Crippen molar-refractivity contribution in [3.8, 4) is 0 Å². The van der Waals surface area contributed by atoms with Gasteiger partial charge in [0, 0.05) is 33.9 Å². The minimum atomic E-state index is -0.561. The Kier molecular flexibility index (Phi) is 12.3. The average molecular weight is 263 g/mol. The molecule has 6 nitrogen and oxygen atoms in total. The summed E-state index contributed by atoms with van der Waals surface area (Å²) in [7, 11) is 3.24. The molecule has 0 aromatic rings. The van der Waals surface area contributed by atoms with Crippen molar-refractivity contribution in [2.45, 2.75) is 25.3 Å². The molecule has 0 saturated carbocycles. The standard InChI is InChI=1S/C12H25NO5/c1-15-6-3-5-11(13)12(14)18-8-4-7-17-10-9-16-2/h11H,3-10,13H2,1-2H3. The fourth-order valence-corrected chi connectivity index (χ4v) is 1.25. The smallest absolute Gasteiger partial charge is 0.322 e. The highest BCUT2D eigenvalue weighted by molar-refractivity contribution is 5.75. The minimum Gasteiger partial charge on any atom is -0.464 e. The van der Waals surface area contributed by atoms with E-state index in [1.807, 2.05) is 0 Å². The summed E-state index contributed by atoms with van der Waals surface area (Å²) in [5, 5.41) is 0. The second kappa shape index (κ2) is 12.8. The second-order valence-corrected chi connectivity index (χ2v) is 3.87. The third-order valence-corrected chi connectivity index (χ3v) is 2.28. The number of methoxy groups -OCH3 is 2. The Morgan fingerprint density at radius 2 is 1.72 bits per heavy atom. The van der Waals surface area contributed by atoms with Crippen LogP contribution in [0.3, 0.4) is 0 Å². The number of carbonyl (C=O) groups is 1. The summed E-state index contributed by atoms with van der Waals surface area (Å²) in [6.07, 6.45) is 2.00. The average Bonchev–Trinajstić information content (AvgIpc) is 2.37. The van der Waals surface area contributed by atoms with E-state index in [4.69, 9.17) is 24.7 Å². The molecule has 0 heterocycles. The van der Waals surface area contributed by atoms with Crippen LogP contribution in [0.15, 0.2) is 0 Å². The molecule has 0 saturated heterocycles. The third kappa shape index (κ3) is 10.5. The predicted molar refractivity (Wildman–Crippen MR) is 67.4 cm³/mol. The first-order valence-corrected chi connectivity index (χ1v) is 6.20. The first kappa shape index (κ1) is 17.3. The van der Waals surface area contributed by atoms with Crippen molar-refractivity contribution in [2.75, 3.05) is 47.3 Å². The van der Waals surface area contributed by atoms with Gasteiger partial charge in [0.05, 0.1) is 19.8 Å². The summed E-state index contributed by atoms with van der Waals surface area (Å²) < 4.78 is 20.0. The normalized spacial score (nSPS) is 12.4. The number of hydrogen-bond donors (Lipinski definition) is 1. The van der Waals surface area contributed by atoms with Gasteiger partial charge >= 0.3 is 5.97 Å². The zero-order valence-corrected chi connectivity index (χ0v) is 11.4. The van der Waals surface area contributed by atoms with E-state index in [-0.39, 0.29) is 5.97 Å². The van der Waals surface area contributed by atoms with E-state index in [0.29, 0.717) is 45.9 Å². The molecule has 0 aliphatic carbocycles. The lowest BCUT2D eigenvalue weighted by Crippen LogP contribution is -2.32. The topological polar surface area (TPSA) is 80.0 Å².